The Labute approximate surface area is 172 Å². The van der Waals surface area contributed by atoms with Crippen molar-refractivity contribution in [3.05, 3.63) is 29.8 Å². The molecule has 1 aromatic carbocycles. The van der Waals surface area contributed by atoms with Crippen LogP contribution in [-0.2, 0) is 14.3 Å². The molecule has 0 spiro atoms. The van der Waals surface area contributed by atoms with Gasteiger partial charge >= 0.3 is 5.97 Å². The van der Waals surface area contributed by atoms with Gasteiger partial charge in [0.25, 0.3) is 5.91 Å². The summed E-state index contributed by atoms with van der Waals surface area (Å²) in [5, 5.41) is 0. The largest absolute Gasteiger partial charge is 0.497 e. The smallest absolute Gasteiger partial charge is 0.331 e. The van der Waals surface area contributed by atoms with Gasteiger partial charge in [0.15, 0.2) is 6.61 Å². The molecule has 2 unspecified atom stereocenters. The fraction of sp³-hybridized carbons (Fsp3) is 0.565. The fourth-order valence-electron chi connectivity index (χ4n) is 5.14. The molecule has 6 nitrogen and oxygen atoms in total. The summed E-state index contributed by atoms with van der Waals surface area (Å²) >= 11 is 0. The summed E-state index contributed by atoms with van der Waals surface area (Å²) in [5.74, 6) is 0.603. The highest BCUT2D eigenvalue weighted by Gasteiger charge is 2.50. The van der Waals surface area contributed by atoms with Gasteiger partial charge in [-0.15, -0.1) is 0 Å². The molecular formula is C23H31NO5. The average molecular weight is 402 g/mol. The van der Waals surface area contributed by atoms with E-state index in [1.54, 1.807) is 38.5 Å². The van der Waals surface area contributed by atoms with E-state index >= 15 is 0 Å². The van der Waals surface area contributed by atoms with Gasteiger partial charge < -0.3 is 19.1 Å². The van der Waals surface area contributed by atoms with E-state index in [4.69, 9.17) is 14.2 Å². The van der Waals surface area contributed by atoms with Crippen LogP contribution in [0.5, 0.6) is 11.5 Å². The monoisotopic (exact) mass is 401 g/mol. The van der Waals surface area contributed by atoms with E-state index in [1.807, 2.05) is 4.90 Å². The van der Waals surface area contributed by atoms with Crippen LogP contribution in [0, 0.1) is 10.8 Å². The molecule has 2 atom stereocenters. The summed E-state index contributed by atoms with van der Waals surface area (Å²) in [6, 6.07) is 5.55. The van der Waals surface area contributed by atoms with E-state index in [0.29, 0.717) is 17.1 Å². The zero-order valence-electron chi connectivity index (χ0n) is 18.0. The highest BCUT2D eigenvalue weighted by molar-refractivity contribution is 5.90. The van der Waals surface area contributed by atoms with Gasteiger partial charge in [0.1, 0.15) is 11.5 Å². The van der Waals surface area contributed by atoms with Gasteiger partial charge in [-0.1, -0.05) is 20.8 Å². The molecule has 2 bridgehead atoms. The number of nitrogens with zero attached hydrogens (tertiary/aromatic N) is 1. The van der Waals surface area contributed by atoms with E-state index in [9.17, 15) is 9.59 Å². The van der Waals surface area contributed by atoms with Gasteiger partial charge in [0, 0.05) is 24.2 Å². The first kappa shape index (κ1) is 21.2. The lowest BCUT2D eigenvalue weighted by Gasteiger charge is -2.39. The molecule has 1 aromatic rings. The lowest BCUT2D eigenvalue weighted by atomic mass is 9.65. The van der Waals surface area contributed by atoms with E-state index in [-0.39, 0.29) is 29.4 Å². The zero-order valence-corrected chi connectivity index (χ0v) is 18.0. The van der Waals surface area contributed by atoms with Gasteiger partial charge in [-0.2, -0.15) is 0 Å². The van der Waals surface area contributed by atoms with E-state index in [2.05, 4.69) is 20.8 Å². The van der Waals surface area contributed by atoms with E-state index < -0.39 is 5.97 Å². The zero-order chi connectivity index (χ0) is 21.2. The van der Waals surface area contributed by atoms with Gasteiger partial charge in [-0.25, -0.2) is 4.79 Å². The third-order valence-electron chi connectivity index (χ3n) is 5.91. The molecule has 2 aliphatic rings. The molecule has 158 valence electrons. The van der Waals surface area contributed by atoms with Gasteiger partial charge in [-0.3, -0.25) is 4.79 Å². The Hall–Kier alpha value is -2.50. The van der Waals surface area contributed by atoms with Crippen molar-refractivity contribution in [1.82, 2.24) is 4.90 Å². The summed E-state index contributed by atoms with van der Waals surface area (Å²) in [7, 11) is 3.13. The number of hydrogen-bond donors (Lipinski definition) is 0. The van der Waals surface area contributed by atoms with Crippen molar-refractivity contribution in [3.63, 3.8) is 0 Å². The highest BCUT2D eigenvalue weighted by Crippen LogP contribution is 2.52. The normalized spacial score (nSPS) is 25.1. The average Bonchev–Trinajstić information content (AvgIpc) is 2.92. The van der Waals surface area contributed by atoms with Crippen LogP contribution < -0.4 is 9.47 Å². The van der Waals surface area contributed by atoms with Crippen molar-refractivity contribution in [1.29, 1.82) is 0 Å². The Morgan fingerprint density at radius 2 is 1.93 bits per heavy atom. The minimum Gasteiger partial charge on any atom is -0.497 e. The number of fused-ring (bicyclic) bond motifs is 2. The van der Waals surface area contributed by atoms with Gasteiger partial charge in [-0.05, 0) is 54.4 Å². The maximum Gasteiger partial charge on any atom is 0.331 e. The number of carbonyl (C=O) groups excluding carboxylic acids is 2. The molecule has 1 saturated carbocycles. The number of likely N-dealkylation sites (tertiary alicyclic amines) is 1. The first-order chi connectivity index (χ1) is 13.6. The second-order valence-corrected chi connectivity index (χ2v) is 9.28. The number of benzene rings is 1. The molecule has 29 heavy (non-hydrogen) atoms. The van der Waals surface area contributed by atoms with E-state index in [0.717, 1.165) is 25.8 Å². The molecular weight excluding hydrogens is 370 g/mol. The molecule has 3 rings (SSSR count). The Morgan fingerprint density at radius 1 is 1.17 bits per heavy atom. The van der Waals surface area contributed by atoms with Gasteiger partial charge in [0.2, 0.25) is 0 Å². The standard InChI is InChI=1S/C23H31NO5/c1-22(2)11-17-12-23(3,14-22)15-24(17)20(25)13-29-21(26)9-6-16-10-18(27-4)7-8-19(16)28-5/h6-10,17H,11-15H2,1-5H3. The predicted octanol–water partition coefficient (Wildman–Crippen LogP) is 3.69. The van der Waals surface area contributed by atoms with E-state index in [1.165, 1.54) is 6.08 Å². The number of amides is 1. The molecule has 1 saturated heterocycles. The molecule has 6 heteroatoms. The minimum absolute atomic E-state index is 0.114. The Bertz CT molecular complexity index is 815. The van der Waals surface area contributed by atoms with Crippen LogP contribution >= 0.6 is 0 Å². The summed E-state index contributed by atoms with van der Waals surface area (Å²) in [6.45, 7) is 7.30. The van der Waals surface area contributed by atoms with Crippen molar-refractivity contribution in [2.75, 3.05) is 27.4 Å². The topological polar surface area (TPSA) is 65.1 Å². The molecule has 1 amide bonds. The van der Waals surface area contributed by atoms with Crippen molar-refractivity contribution in [2.45, 2.75) is 46.1 Å². The number of ether oxygens (including phenoxy) is 3. The molecule has 0 N–H and O–H groups in total. The maximum absolute atomic E-state index is 12.7. The molecule has 0 aromatic heterocycles. The minimum atomic E-state index is -0.558. The number of carbonyl (C=O) groups is 2. The Balaban J connectivity index is 1.57. The van der Waals surface area contributed by atoms with Crippen LogP contribution in [0.15, 0.2) is 24.3 Å². The summed E-state index contributed by atoms with van der Waals surface area (Å²) < 4.78 is 15.7. The lowest BCUT2D eigenvalue weighted by molar-refractivity contribution is -0.148. The summed E-state index contributed by atoms with van der Waals surface area (Å²) in [6.07, 6.45) is 6.05. The predicted molar refractivity (Wildman–Crippen MR) is 111 cm³/mol. The summed E-state index contributed by atoms with van der Waals surface area (Å²) in [5.41, 5.74) is 1.09. The van der Waals surface area contributed by atoms with Crippen LogP contribution in [0.4, 0.5) is 0 Å². The molecule has 0 radical (unpaired) electrons. The maximum atomic E-state index is 12.7. The first-order valence-electron chi connectivity index (χ1n) is 10.0. The third kappa shape index (κ3) is 4.92. The number of hydrogen-bond acceptors (Lipinski definition) is 5. The van der Waals surface area contributed by atoms with Crippen molar-refractivity contribution >= 4 is 18.0 Å². The molecule has 1 aliphatic carbocycles. The van der Waals surface area contributed by atoms with Gasteiger partial charge in [0.05, 0.1) is 14.2 Å². The second kappa shape index (κ2) is 8.09. The second-order valence-electron chi connectivity index (χ2n) is 9.28. The van der Waals surface area contributed by atoms with Crippen LogP contribution in [-0.4, -0.2) is 50.2 Å². The molecule has 1 aliphatic heterocycles. The van der Waals surface area contributed by atoms with Crippen molar-refractivity contribution in [3.8, 4) is 11.5 Å². The Morgan fingerprint density at radius 3 is 2.62 bits per heavy atom. The van der Waals surface area contributed by atoms with Crippen LogP contribution in [0.1, 0.15) is 45.6 Å². The fourth-order valence-corrected chi connectivity index (χ4v) is 5.14. The van der Waals surface area contributed by atoms with Crippen molar-refractivity contribution < 1.29 is 23.8 Å². The summed E-state index contributed by atoms with van der Waals surface area (Å²) in [4.78, 5) is 26.7. The van der Waals surface area contributed by atoms with Crippen molar-refractivity contribution in [2.24, 2.45) is 10.8 Å². The van der Waals surface area contributed by atoms with Crippen LogP contribution in [0.2, 0.25) is 0 Å². The lowest BCUT2D eigenvalue weighted by Crippen LogP contribution is -2.39. The highest BCUT2D eigenvalue weighted by atomic mass is 16.5. The molecule has 1 heterocycles. The van der Waals surface area contributed by atoms with Crippen LogP contribution in [0.3, 0.4) is 0 Å². The Kier molecular flexibility index (Phi) is 5.92. The number of esters is 1. The SMILES string of the molecule is COc1ccc(OC)c(C=CC(=O)OCC(=O)N2CC3(C)CC2CC(C)(C)C3)c1. The quantitative estimate of drug-likeness (QED) is 0.537. The third-order valence-corrected chi connectivity index (χ3v) is 5.91. The van der Waals surface area contributed by atoms with Crippen LogP contribution in [0.25, 0.3) is 6.08 Å². The number of rotatable bonds is 6. The first-order valence-corrected chi connectivity index (χ1v) is 10.0. The number of methoxy groups -OCH3 is 2. The molecule has 2 fully saturated rings.